The Bertz CT molecular complexity index is 389. The molecule has 0 radical (unpaired) electrons. The van der Waals surface area contributed by atoms with Crippen LogP contribution in [0.25, 0.3) is 0 Å². The van der Waals surface area contributed by atoms with E-state index in [9.17, 15) is 4.79 Å². The second-order valence-electron chi connectivity index (χ2n) is 4.23. The topological polar surface area (TPSA) is 22.0 Å². The molecular weight excluding hydrogens is 186 g/mol. The summed E-state index contributed by atoms with van der Waals surface area (Å²) in [6, 6.07) is 2.38. The number of ketones is 1. The molecule has 2 rings (SSSR count). The lowest BCUT2D eigenvalue weighted by Gasteiger charge is -2.19. The van der Waals surface area contributed by atoms with Crippen molar-refractivity contribution < 1.29 is 4.79 Å². The van der Waals surface area contributed by atoms with E-state index in [1.165, 1.54) is 5.69 Å². The van der Waals surface area contributed by atoms with Crippen molar-refractivity contribution >= 4 is 5.78 Å². The smallest absolute Gasteiger partial charge is 0.164 e. The van der Waals surface area contributed by atoms with Crippen LogP contribution < -0.4 is 0 Å². The Kier molecular flexibility index (Phi) is 2.76. The Morgan fingerprint density at radius 1 is 1.60 bits per heavy atom. The molecule has 0 spiro atoms. The van der Waals surface area contributed by atoms with Crippen LogP contribution in [0.1, 0.15) is 48.3 Å². The van der Waals surface area contributed by atoms with Crippen LogP contribution >= 0.6 is 0 Å². The van der Waals surface area contributed by atoms with Gasteiger partial charge in [0.25, 0.3) is 0 Å². The summed E-state index contributed by atoms with van der Waals surface area (Å²) in [7, 11) is 0. The summed E-state index contributed by atoms with van der Waals surface area (Å²) >= 11 is 0. The lowest BCUT2D eigenvalue weighted by molar-refractivity contribution is 0.0971. The van der Waals surface area contributed by atoms with E-state index in [2.05, 4.69) is 18.1 Å². The fourth-order valence-electron chi connectivity index (χ4n) is 2.32. The molecule has 0 bridgehead atoms. The van der Waals surface area contributed by atoms with Gasteiger partial charge in [0.05, 0.1) is 0 Å². The minimum atomic E-state index is 0.306. The zero-order valence-electron chi connectivity index (χ0n) is 9.20. The summed E-state index contributed by atoms with van der Waals surface area (Å²) < 4.78 is 2.23. The van der Waals surface area contributed by atoms with Crippen molar-refractivity contribution in [3.63, 3.8) is 0 Å². The monoisotopic (exact) mass is 203 g/mol. The molecule has 1 aromatic heterocycles. The molecule has 0 fully saturated rings. The van der Waals surface area contributed by atoms with E-state index in [1.807, 2.05) is 18.3 Å². The van der Waals surface area contributed by atoms with Crippen molar-refractivity contribution in [3.8, 4) is 0 Å². The predicted molar refractivity (Wildman–Crippen MR) is 61.2 cm³/mol. The van der Waals surface area contributed by atoms with Gasteiger partial charge in [-0.15, -0.1) is 6.58 Å². The van der Waals surface area contributed by atoms with Crippen LogP contribution in [-0.2, 0) is 6.42 Å². The third kappa shape index (κ3) is 1.76. The van der Waals surface area contributed by atoms with Crippen LogP contribution in [0.3, 0.4) is 0 Å². The molecule has 1 heterocycles. The number of aromatic nitrogens is 1. The van der Waals surface area contributed by atoms with E-state index in [0.29, 0.717) is 18.2 Å². The zero-order chi connectivity index (χ0) is 10.8. The number of nitrogens with zero attached hydrogens (tertiary/aromatic N) is 1. The second-order valence-corrected chi connectivity index (χ2v) is 4.23. The average Bonchev–Trinajstić information content (AvgIpc) is 2.63. The van der Waals surface area contributed by atoms with Crippen LogP contribution in [0, 0.1) is 0 Å². The van der Waals surface area contributed by atoms with Crippen molar-refractivity contribution in [3.05, 3.63) is 36.2 Å². The molecule has 2 nitrogen and oxygen atoms in total. The number of carbonyl (C=O) groups is 1. The molecule has 0 aliphatic heterocycles. The number of fused-ring (bicyclic) bond motifs is 1. The molecule has 0 saturated heterocycles. The Morgan fingerprint density at radius 3 is 3.13 bits per heavy atom. The fraction of sp³-hybridized carbons (Fsp3) is 0.462. The molecule has 80 valence electrons. The zero-order valence-corrected chi connectivity index (χ0v) is 9.20. The van der Waals surface area contributed by atoms with Gasteiger partial charge in [-0.25, -0.2) is 0 Å². The van der Waals surface area contributed by atoms with Gasteiger partial charge in [0.15, 0.2) is 5.78 Å². The normalized spacial score (nSPS) is 17.3. The third-order valence-electron chi connectivity index (χ3n) is 3.12. The van der Waals surface area contributed by atoms with Crippen molar-refractivity contribution in [1.29, 1.82) is 0 Å². The molecule has 0 saturated carbocycles. The maximum Gasteiger partial charge on any atom is 0.164 e. The Labute approximate surface area is 90.6 Å². The third-order valence-corrected chi connectivity index (χ3v) is 3.12. The number of hydrogen-bond donors (Lipinski definition) is 0. The molecule has 15 heavy (non-hydrogen) atoms. The van der Waals surface area contributed by atoms with Crippen molar-refractivity contribution in [2.45, 2.75) is 38.6 Å². The standard InChI is InChI=1S/C13H17NO/c1-3-5-10(2)14-9-8-11-12(14)6-4-7-13(11)15/h3,8-10H,1,4-7H2,2H3. The summed E-state index contributed by atoms with van der Waals surface area (Å²) in [5.74, 6) is 0.306. The summed E-state index contributed by atoms with van der Waals surface area (Å²) in [5.41, 5.74) is 2.16. The van der Waals surface area contributed by atoms with Gasteiger partial charge in [0.1, 0.15) is 0 Å². The van der Waals surface area contributed by atoms with Gasteiger partial charge in [0, 0.05) is 29.9 Å². The van der Waals surface area contributed by atoms with E-state index in [4.69, 9.17) is 0 Å². The van der Waals surface area contributed by atoms with Gasteiger partial charge in [-0.2, -0.15) is 0 Å². The molecule has 0 N–H and O–H groups in total. The maximum absolute atomic E-state index is 11.6. The molecule has 1 unspecified atom stereocenters. The summed E-state index contributed by atoms with van der Waals surface area (Å²) in [4.78, 5) is 11.6. The first-order valence-electron chi connectivity index (χ1n) is 5.58. The van der Waals surface area contributed by atoms with Gasteiger partial charge in [-0.05, 0) is 32.3 Å². The van der Waals surface area contributed by atoms with Gasteiger partial charge >= 0.3 is 0 Å². The lowest BCUT2D eigenvalue weighted by Crippen LogP contribution is -2.15. The fourth-order valence-corrected chi connectivity index (χ4v) is 2.32. The molecule has 0 aromatic carbocycles. The number of Topliss-reactive ketones (excluding diaryl/α,β-unsaturated/α-hetero) is 1. The SMILES string of the molecule is C=CCC(C)n1ccc2c1CCCC2=O. The van der Waals surface area contributed by atoms with Crippen LogP contribution in [0.15, 0.2) is 24.9 Å². The molecule has 1 aliphatic carbocycles. The van der Waals surface area contributed by atoms with Gasteiger partial charge in [-0.3, -0.25) is 4.79 Å². The van der Waals surface area contributed by atoms with E-state index >= 15 is 0 Å². The quantitative estimate of drug-likeness (QED) is 0.692. The van der Waals surface area contributed by atoms with Gasteiger partial charge in [0.2, 0.25) is 0 Å². The number of hydrogen-bond acceptors (Lipinski definition) is 1. The average molecular weight is 203 g/mol. The summed E-state index contributed by atoms with van der Waals surface area (Å²) in [5, 5.41) is 0. The highest BCUT2D eigenvalue weighted by Gasteiger charge is 2.21. The summed E-state index contributed by atoms with van der Waals surface area (Å²) in [6.45, 7) is 5.92. The minimum absolute atomic E-state index is 0.306. The molecule has 0 amide bonds. The number of rotatable bonds is 3. The highest BCUT2D eigenvalue weighted by atomic mass is 16.1. The molecule has 1 atom stereocenters. The Hall–Kier alpha value is -1.31. The van der Waals surface area contributed by atoms with Gasteiger partial charge < -0.3 is 4.57 Å². The largest absolute Gasteiger partial charge is 0.348 e. The van der Waals surface area contributed by atoms with E-state index in [-0.39, 0.29) is 0 Å². The van der Waals surface area contributed by atoms with Crippen LogP contribution in [0.2, 0.25) is 0 Å². The lowest BCUT2D eigenvalue weighted by atomic mass is 9.96. The van der Waals surface area contributed by atoms with E-state index in [0.717, 1.165) is 24.8 Å². The molecule has 1 aliphatic rings. The van der Waals surface area contributed by atoms with E-state index < -0.39 is 0 Å². The maximum atomic E-state index is 11.6. The van der Waals surface area contributed by atoms with Crippen molar-refractivity contribution in [2.75, 3.05) is 0 Å². The minimum Gasteiger partial charge on any atom is -0.348 e. The van der Waals surface area contributed by atoms with Crippen LogP contribution in [-0.4, -0.2) is 10.4 Å². The first-order chi connectivity index (χ1) is 7.24. The molecule has 1 aromatic rings. The number of allylic oxidation sites excluding steroid dienone is 1. The second kappa shape index (κ2) is 4.05. The predicted octanol–water partition coefficient (Wildman–Crippen LogP) is 3.14. The first-order valence-corrected chi connectivity index (χ1v) is 5.58. The van der Waals surface area contributed by atoms with Crippen LogP contribution in [0.5, 0.6) is 0 Å². The molecule has 2 heteroatoms. The van der Waals surface area contributed by atoms with Crippen LogP contribution in [0.4, 0.5) is 0 Å². The summed E-state index contributed by atoms with van der Waals surface area (Å²) in [6.07, 6.45) is 7.68. The Morgan fingerprint density at radius 2 is 2.40 bits per heavy atom. The highest BCUT2D eigenvalue weighted by molar-refractivity contribution is 5.98. The Balaban J connectivity index is 2.34. The highest BCUT2D eigenvalue weighted by Crippen LogP contribution is 2.26. The number of carbonyl (C=O) groups excluding carboxylic acids is 1. The molecular formula is C13H17NO. The van der Waals surface area contributed by atoms with Crippen molar-refractivity contribution in [1.82, 2.24) is 4.57 Å². The van der Waals surface area contributed by atoms with E-state index in [1.54, 1.807) is 0 Å². The van der Waals surface area contributed by atoms with Crippen molar-refractivity contribution in [2.24, 2.45) is 0 Å². The first kappa shape index (κ1) is 10.2. The van der Waals surface area contributed by atoms with Gasteiger partial charge in [-0.1, -0.05) is 6.08 Å².